The Kier molecular flexibility index (Phi) is 1.38. The Balaban J connectivity index is 2.92. The van der Waals surface area contributed by atoms with Gasteiger partial charge in [0.25, 0.3) is 0 Å². The summed E-state index contributed by atoms with van der Waals surface area (Å²) in [5.41, 5.74) is 2.79. The van der Waals surface area contributed by atoms with E-state index in [1.807, 2.05) is 6.20 Å². The highest BCUT2D eigenvalue weighted by atomic mass is 14.6. The van der Waals surface area contributed by atoms with E-state index < -0.39 is 0 Å². The number of hydrogen-bond acceptors (Lipinski definition) is 0. The summed E-state index contributed by atoms with van der Waals surface area (Å²) in [6.45, 7) is 4.28. The van der Waals surface area contributed by atoms with E-state index in [-0.39, 0.29) is 0 Å². The van der Waals surface area contributed by atoms with Crippen LogP contribution in [0.25, 0.3) is 0 Å². The molecule has 0 aliphatic carbocycles. The van der Waals surface area contributed by atoms with Gasteiger partial charge < -0.3 is 4.98 Å². The van der Waals surface area contributed by atoms with Crippen LogP contribution in [0.15, 0.2) is 12.4 Å². The van der Waals surface area contributed by atoms with Crippen LogP contribution in [-0.2, 0) is 6.42 Å². The van der Waals surface area contributed by atoms with E-state index in [9.17, 15) is 0 Å². The molecule has 8 heavy (non-hydrogen) atoms. The molecule has 1 aromatic heterocycles. The van der Waals surface area contributed by atoms with Gasteiger partial charge in [0, 0.05) is 12.4 Å². The molecule has 0 atom stereocenters. The lowest BCUT2D eigenvalue weighted by Gasteiger charge is -1.87. The number of nitrogens with one attached hydrogen (secondary N) is 1. The molecule has 1 heterocycles. The number of H-pyrrole nitrogens is 1. The summed E-state index contributed by atoms with van der Waals surface area (Å²) < 4.78 is 0. The maximum absolute atomic E-state index is 3.05. The van der Waals surface area contributed by atoms with Crippen LogP contribution in [-0.4, -0.2) is 4.98 Å². The molecule has 0 aromatic carbocycles. The molecule has 1 nitrogen and oxygen atoms in total. The topological polar surface area (TPSA) is 15.8 Å². The molecular weight excluding hydrogens is 98.1 g/mol. The summed E-state index contributed by atoms with van der Waals surface area (Å²) in [7, 11) is 0. The third-order valence-electron chi connectivity index (χ3n) is 1.44. The van der Waals surface area contributed by atoms with Crippen LogP contribution >= 0.6 is 0 Å². The molecule has 0 saturated heterocycles. The molecule has 0 bridgehead atoms. The van der Waals surface area contributed by atoms with Crippen LogP contribution in [0.2, 0.25) is 0 Å². The monoisotopic (exact) mass is 109 g/mol. The van der Waals surface area contributed by atoms with Gasteiger partial charge in [0.2, 0.25) is 0 Å². The molecule has 0 fully saturated rings. The molecule has 44 valence electrons. The van der Waals surface area contributed by atoms with E-state index >= 15 is 0 Å². The molecule has 0 spiro atoms. The zero-order chi connectivity index (χ0) is 5.98. The van der Waals surface area contributed by atoms with Crippen molar-refractivity contribution in [1.82, 2.24) is 4.98 Å². The van der Waals surface area contributed by atoms with Gasteiger partial charge in [0.15, 0.2) is 0 Å². The van der Waals surface area contributed by atoms with Crippen molar-refractivity contribution < 1.29 is 0 Å². The Morgan fingerprint density at radius 3 is 2.50 bits per heavy atom. The largest absolute Gasteiger partial charge is 0.367 e. The van der Waals surface area contributed by atoms with Crippen molar-refractivity contribution in [2.24, 2.45) is 0 Å². The molecule has 0 unspecified atom stereocenters. The summed E-state index contributed by atoms with van der Waals surface area (Å²) >= 11 is 0. The molecule has 0 radical (unpaired) electrons. The number of aromatic nitrogens is 1. The van der Waals surface area contributed by atoms with Crippen LogP contribution in [0.5, 0.6) is 0 Å². The Morgan fingerprint density at radius 2 is 2.25 bits per heavy atom. The zero-order valence-electron chi connectivity index (χ0n) is 5.36. The zero-order valence-corrected chi connectivity index (χ0v) is 5.36. The highest BCUT2D eigenvalue weighted by Gasteiger charge is 1.91. The summed E-state index contributed by atoms with van der Waals surface area (Å²) in [4.78, 5) is 3.05. The lowest BCUT2D eigenvalue weighted by molar-refractivity contribution is 1.12. The Labute approximate surface area is 49.7 Å². The third-order valence-corrected chi connectivity index (χ3v) is 1.44. The van der Waals surface area contributed by atoms with Gasteiger partial charge >= 0.3 is 0 Å². The lowest BCUT2D eigenvalue weighted by atomic mass is 10.2. The van der Waals surface area contributed by atoms with Gasteiger partial charge in [-0.25, -0.2) is 0 Å². The standard InChI is InChI=1S/C7H11N/c1-3-7-5-8-4-6(7)2/h4-5,8H,3H2,1-2H3. The van der Waals surface area contributed by atoms with Crippen molar-refractivity contribution in [3.05, 3.63) is 23.5 Å². The van der Waals surface area contributed by atoms with Crippen LogP contribution in [0, 0.1) is 6.92 Å². The maximum Gasteiger partial charge on any atom is 0.00399 e. The van der Waals surface area contributed by atoms with Crippen molar-refractivity contribution in [3.63, 3.8) is 0 Å². The van der Waals surface area contributed by atoms with Crippen LogP contribution < -0.4 is 0 Å². The molecular formula is C7H11N. The van der Waals surface area contributed by atoms with Gasteiger partial charge in [-0.15, -0.1) is 0 Å². The fraction of sp³-hybridized carbons (Fsp3) is 0.429. The fourth-order valence-electron chi connectivity index (χ4n) is 0.855. The molecule has 0 saturated carbocycles. The van der Waals surface area contributed by atoms with Gasteiger partial charge in [-0.2, -0.15) is 0 Å². The van der Waals surface area contributed by atoms with Gasteiger partial charge in [-0.1, -0.05) is 6.92 Å². The summed E-state index contributed by atoms with van der Waals surface area (Å²) in [6, 6.07) is 0. The Bertz CT molecular complexity index is 165. The smallest absolute Gasteiger partial charge is 0.00399 e. The molecule has 1 aromatic rings. The lowest BCUT2D eigenvalue weighted by Crippen LogP contribution is -1.75. The van der Waals surface area contributed by atoms with Crippen molar-refractivity contribution in [1.29, 1.82) is 0 Å². The fourth-order valence-corrected chi connectivity index (χ4v) is 0.855. The second-order valence-electron chi connectivity index (χ2n) is 2.02. The first kappa shape index (κ1) is 5.42. The number of aromatic amines is 1. The first-order valence-electron chi connectivity index (χ1n) is 2.97. The van der Waals surface area contributed by atoms with E-state index in [0.717, 1.165) is 6.42 Å². The quantitative estimate of drug-likeness (QED) is 0.566. The van der Waals surface area contributed by atoms with E-state index in [0.29, 0.717) is 0 Å². The highest BCUT2D eigenvalue weighted by molar-refractivity contribution is 5.20. The van der Waals surface area contributed by atoms with Crippen LogP contribution in [0.1, 0.15) is 18.1 Å². The van der Waals surface area contributed by atoms with Crippen molar-refractivity contribution in [3.8, 4) is 0 Å². The Morgan fingerprint density at radius 1 is 1.50 bits per heavy atom. The number of rotatable bonds is 1. The van der Waals surface area contributed by atoms with Crippen molar-refractivity contribution in [2.75, 3.05) is 0 Å². The van der Waals surface area contributed by atoms with Crippen LogP contribution in [0.4, 0.5) is 0 Å². The van der Waals surface area contributed by atoms with Gasteiger partial charge in [0.1, 0.15) is 0 Å². The van der Waals surface area contributed by atoms with E-state index in [1.54, 1.807) is 0 Å². The van der Waals surface area contributed by atoms with Crippen LogP contribution in [0.3, 0.4) is 0 Å². The molecule has 1 N–H and O–H groups in total. The van der Waals surface area contributed by atoms with Crippen molar-refractivity contribution >= 4 is 0 Å². The van der Waals surface area contributed by atoms with E-state index in [4.69, 9.17) is 0 Å². The van der Waals surface area contributed by atoms with E-state index in [2.05, 4.69) is 25.0 Å². The summed E-state index contributed by atoms with van der Waals surface area (Å²) in [5, 5.41) is 0. The predicted octanol–water partition coefficient (Wildman–Crippen LogP) is 1.89. The first-order valence-corrected chi connectivity index (χ1v) is 2.97. The first-order chi connectivity index (χ1) is 3.84. The molecule has 0 aliphatic rings. The minimum Gasteiger partial charge on any atom is -0.367 e. The average molecular weight is 109 g/mol. The SMILES string of the molecule is CCc1c[nH]cc1C. The molecule has 1 heteroatoms. The number of hydrogen-bond donors (Lipinski definition) is 1. The average Bonchev–Trinajstić information content (AvgIpc) is 2.14. The molecule has 0 amide bonds. The Hall–Kier alpha value is -0.720. The maximum atomic E-state index is 3.05. The second-order valence-corrected chi connectivity index (χ2v) is 2.02. The summed E-state index contributed by atoms with van der Waals surface area (Å²) in [6.07, 6.45) is 5.21. The third kappa shape index (κ3) is 0.760. The normalized spacial score (nSPS) is 9.75. The number of aryl methyl sites for hydroxylation is 2. The molecule has 1 rings (SSSR count). The minimum atomic E-state index is 1.13. The molecule has 0 aliphatic heterocycles. The second kappa shape index (κ2) is 2.03. The van der Waals surface area contributed by atoms with Gasteiger partial charge in [0.05, 0.1) is 0 Å². The van der Waals surface area contributed by atoms with Gasteiger partial charge in [-0.3, -0.25) is 0 Å². The van der Waals surface area contributed by atoms with Gasteiger partial charge in [-0.05, 0) is 24.5 Å². The van der Waals surface area contributed by atoms with Crippen molar-refractivity contribution in [2.45, 2.75) is 20.3 Å². The summed E-state index contributed by atoms with van der Waals surface area (Å²) in [5.74, 6) is 0. The minimum absolute atomic E-state index is 1.13. The highest BCUT2D eigenvalue weighted by Crippen LogP contribution is 2.04. The predicted molar refractivity (Wildman–Crippen MR) is 34.9 cm³/mol. The van der Waals surface area contributed by atoms with E-state index in [1.165, 1.54) is 11.1 Å².